The van der Waals surface area contributed by atoms with Gasteiger partial charge in [-0.25, -0.2) is 9.78 Å². The number of aromatic nitrogens is 1. The van der Waals surface area contributed by atoms with Gasteiger partial charge < -0.3 is 21.1 Å². The second kappa shape index (κ2) is 4.70. The highest BCUT2D eigenvalue weighted by atomic mass is 16.4. The molecular weight excluding hydrogens is 244 g/mol. The van der Waals surface area contributed by atoms with Crippen LogP contribution in [0.4, 0.5) is 11.5 Å². The summed E-state index contributed by atoms with van der Waals surface area (Å²) in [7, 11) is 0. The van der Waals surface area contributed by atoms with Crippen molar-refractivity contribution in [3.05, 3.63) is 17.8 Å². The number of carbonyl (C=O) groups is 1. The molecule has 3 saturated heterocycles. The fourth-order valence-electron chi connectivity index (χ4n) is 3.02. The number of nitrogen functional groups attached to an aromatic ring is 1. The molecule has 3 aliphatic heterocycles. The minimum Gasteiger partial charge on any atom is -0.478 e. The summed E-state index contributed by atoms with van der Waals surface area (Å²) in [6.45, 7) is 3.39. The number of carboxylic acids is 1. The average molecular weight is 262 g/mol. The average Bonchev–Trinajstić information content (AvgIpc) is 2.42. The Kier molecular flexibility index (Phi) is 3.02. The Labute approximate surface area is 111 Å². The zero-order chi connectivity index (χ0) is 13.4. The molecule has 0 saturated carbocycles. The zero-order valence-corrected chi connectivity index (χ0v) is 10.7. The Morgan fingerprint density at radius 3 is 2.74 bits per heavy atom. The van der Waals surface area contributed by atoms with Gasteiger partial charge in [-0.1, -0.05) is 0 Å². The largest absolute Gasteiger partial charge is 0.478 e. The molecule has 0 amide bonds. The number of rotatable bonds is 3. The molecule has 4 N–H and O–H groups in total. The molecule has 0 radical (unpaired) electrons. The van der Waals surface area contributed by atoms with Gasteiger partial charge in [0.15, 0.2) is 0 Å². The van der Waals surface area contributed by atoms with Crippen molar-refractivity contribution < 1.29 is 9.90 Å². The van der Waals surface area contributed by atoms with Crippen LogP contribution in [0.2, 0.25) is 0 Å². The van der Waals surface area contributed by atoms with E-state index in [-0.39, 0.29) is 5.56 Å². The van der Waals surface area contributed by atoms with Crippen LogP contribution in [0.1, 0.15) is 23.2 Å². The topological polar surface area (TPSA) is 91.5 Å². The lowest BCUT2D eigenvalue weighted by molar-refractivity contribution is 0.0696. The fourth-order valence-corrected chi connectivity index (χ4v) is 3.02. The van der Waals surface area contributed by atoms with Crippen molar-refractivity contribution in [1.29, 1.82) is 0 Å². The summed E-state index contributed by atoms with van der Waals surface area (Å²) in [6.07, 6.45) is 3.78. The summed E-state index contributed by atoms with van der Waals surface area (Å²) in [5.41, 5.74) is 6.39. The zero-order valence-electron chi connectivity index (χ0n) is 10.7. The van der Waals surface area contributed by atoms with Crippen molar-refractivity contribution in [3.63, 3.8) is 0 Å². The third kappa shape index (κ3) is 2.35. The predicted octanol–water partition coefficient (Wildman–Crippen LogP) is 0.868. The Morgan fingerprint density at radius 2 is 2.21 bits per heavy atom. The summed E-state index contributed by atoms with van der Waals surface area (Å²) >= 11 is 0. The van der Waals surface area contributed by atoms with E-state index in [1.54, 1.807) is 0 Å². The highest BCUT2D eigenvalue weighted by molar-refractivity contribution is 5.89. The van der Waals surface area contributed by atoms with E-state index in [9.17, 15) is 4.79 Å². The first kappa shape index (κ1) is 12.2. The second-order valence-electron chi connectivity index (χ2n) is 5.36. The molecule has 0 aromatic carbocycles. The van der Waals surface area contributed by atoms with E-state index in [4.69, 9.17) is 10.8 Å². The molecule has 19 heavy (non-hydrogen) atoms. The third-order valence-electron chi connectivity index (χ3n) is 4.14. The van der Waals surface area contributed by atoms with Gasteiger partial charge in [0, 0.05) is 18.8 Å². The van der Waals surface area contributed by atoms with E-state index in [1.165, 1.54) is 38.2 Å². The highest BCUT2D eigenvalue weighted by Gasteiger charge is 2.34. The summed E-state index contributed by atoms with van der Waals surface area (Å²) in [4.78, 5) is 17.4. The molecule has 0 aliphatic carbocycles. The van der Waals surface area contributed by atoms with Gasteiger partial charge in [0.25, 0.3) is 0 Å². The molecule has 102 valence electrons. The number of carboxylic acid groups (broad SMARTS) is 1. The van der Waals surface area contributed by atoms with Crippen LogP contribution in [0.25, 0.3) is 0 Å². The molecule has 2 bridgehead atoms. The minimum absolute atomic E-state index is 0.122. The molecule has 1 unspecified atom stereocenters. The van der Waals surface area contributed by atoms with Crippen molar-refractivity contribution in [1.82, 2.24) is 9.88 Å². The first-order valence-electron chi connectivity index (χ1n) is 6.61. The Morgan fingerprint density at radius 1 is 1.47 bits per heavy atom. The van der Waals surface area contributed by atoms with Crippen molar-refractivity contribution in [2.45, 2.75) is 18.9 Å². The van der Waals surface area contributed by atoms with E-state index in [2.05, 4.69) is 15.2 Å². The van der Waals surface area contributed by atoms with Crippen LogP contribution in [0, 0.1) is 5.92 Å². The van der Waals surface area contributed by atoms with Crippen LogP contribution < -0.4 is 11.1 Å². The number of piperidine rings is 3. The number of nitrogens with zero attached hydrogens (tertiary/aromatic N) is 2. The van der Waals surface area contributed by atoms with Crippen molar-refractivity contribution in [2.24, 2.45) is 5.92 Å². The Hall–Kier alpha value is -1.82. The number of fused-ring (bicyclic) bond motifs is 3. The summed E-state index contributed by atoms with van der Waals surface area (Å²) in [5, 5.41) is 12.3. The van der Waals surface area contributed by atoms with Crippen molar-refractivity contribution in [3.8, 4) is 0 Å². The normalized spacial score (nSPS) is 29.2. The number of aromatic carboxylic acids is 1. The number of nitrogens with one attached hydrogen (secondary N) is 1. The van der Waals surface area contributed by atoms with Gasteiger partial charge in [0.1, 0.15) is 5.82 Å². The summed E-state index contributed by atoms with van der Waals surface area (Å²) in [5.74, 6) is 0.266. The number of anilines is 2. The Bertz CT molecular complexity index is 497. The minimum atomic E-state index is -1.01. The molecule has 1 atom stereocenters. The molecule has 4 rings (SSSR count). The van der Waals surface area contributed by atoms with Crippen LogP contribution in [-0.4, -0.2) is 46.6 Å². The number of pyridine rings is 1. The molecule has 4 heterocycles. The van der Waals surface area contributed by atoms with E-state index in [0.29, 0.717) is 23.5 Å². The fraction of sp³-hybridized carbons (Fsp3) is 0.538. The predicted molar refractivity (Wildman–Crippen MR) is 72.2 cm³/mol. The van der Waals surface area contributed by atoms with Crippen molar-refractivity contribution in [2.75, 3.05) is 30.7 Å². The number of hydrogen-bond acceptors (Lipinski definition) is 5. The van der Waals surface area contributed by atoms with E-state index in [0.717, 1.165) is 6.54 Å². The second-order valence-corrected chi connectivity index (χ2v) is 5.36. The third-order valence-corrected chi connectivity index (χ3v) is 4.14. The molecule has 6 nitrogen and oxygen atoms in total. The maximum atomic E-state index is 10.8. The number of hydrogen-bond donors (Lipinski definition) is 3. The molecule has 3 fully saturated rings. The SMILES string of the molecule is Nc1cc(C(=O)O)cnc1NC1CN2CCC1CC2. The lowest BCUT2D eigenvalue weighted by Crippen LogP contribution is -2.53. The molecule has 1 aromatic heterocycles. The van der Waals surface area contributed by atoms with Gasteiger partial charge in [0.2, 0.25) is 0 Å². The van der Waals surface area contributed by atoms with Gasteiger partial charge in [-0.2, -0.15) is 0 Å². The summed E-state index contributed by atoms with van der Waals surface area (Å²) < 4.78 is 0. The van der Waals surface area contributed by atoms with E-state index in [1.807, 2.05) is 0 Å². The first-order chi connectivity index (χ1) is 9.13. The molecule has 0 spiro atoms. The van der Waals surface area contributed by atoms with Gasteiger partial charge in [0.05, 0.1) is 11.3 Å². The summed E-state index contributed by atoms with van der Waals surface area (Å²) in [6, 6.07) is 1.83. The number of nitrogens with two attached hydrogens (primary N) is 1. The highest BCUT2D eigenvalue weighted by Crippen LogP contribution is 2.30. The van der Waals surface area contributed by atoms with Gasteiger partial charge in [-0.3, -0.25) is 0 Å². The lowest BCUT2D eigenvalue weighted by atomic mass is 9.84. The Balaban J connectivity index is 1.75. The van der Waals surface area contributed by atoms with Crippen LogP contribution in [0.5, 0.6) is 0 Å². The van der Waals surface area contributed by atoms with Crippen LogP contribution >= 0.6 is 0 Å². The van der Waals surface area contributed by atoms with E-state index >= 15 is 0 Å². The monoisotopic (exact) mass is 262 g/mol. The van der Waals surface area contributed by atoms with Crippen molar-refractivity contribution >= 4 is 17.5 Å². The lowest BCUT2D eigenvalue weighted by Gasteiger charge is -2.45. The molecular formula is C13H18N4O2. The molecule has 1 aromatic rings. The van der Waals surface area contributed by atoms with Gasteiger partial charge in [-0.05, 0) is 37.9 Å². The van der Waals surface area contributed by atoms with Gasteiger partial charge in [-0.15, -0.1) is 0 Å². The first-order valence-corrected chi connectivity index (χ1v) is 6.61. The maximum Gasteiger partial charge on any atom is 0.337 e. The van der Waals surface area contributed by atoms with Crippen LogP contribution in [-0.2, 0) is 0 Å². The van der Waals surface area contributed by atoms with Crippen LogP contribution in [0.3, 0.4) is 0 Å². The smallest absolute Gasteiger partial charge is 0.337 e. The van der Waals surface area contributed by atoms with Gasteiger partial charge >= 0.3 is 5.97 Å². The molecule has 6 heteroatoms. The van der Waals surface area contributed by atoms with E-state index < -0.39 is 5.97 Å². The quantitative estimate of drug-likeness (QED) is 0.748. The van der Waals surface area contributed by atoms with Crippen LogP contribution in [0.15, 0.2) is 12.3 Å². The maximum absolute atomic E-state index is 10.8. The molecule has 3 aliphatic rings. The standard InChI is InChI=1S/C13H18N4O2/c14-10-5-9(13(18)19)6-15-12(10)16-11-7-17-3-1-8(11)2-4-17/h5-6,8,11H,1-4,7,14H2,(H,15,16)(H,18,19).